The van der Waals surface area contributed by atoms with Crippen LogP contribution in [0.3, 0.4) is 0 Å². The second kappa shape index (κ2) is 8.45. The molecule has 142 valence electrons. The summed E-state index contributed by atoms with van der Waals surface area (Å²) in [4.78, 5) is 1.18. The number of ether oxygens (including phenoxy) is 1. The summed E-state index contributed by atoms with van der Waals surface area (Å²) < 4.78 is 72.1. The Balaban J connectivity index is 2.16. The fourth-order valence-corrected chi connectivity index (χ4v) is 4.02. The molecule has 0 aromatic heterocycles. The van der Waals surface area contributed by atoms with E-state index in [2.05, 4.69) is 10.0 Å². The molecule has 1 aromatic carbocycles. The molecule has 1 unspecified atom stereocenters. The van der Waals surface area contributed by atoms with E-state index in [9.17, 15) is 21.6 Å². The van der Waals surface area contributed by atoms with E-state index in [4.69, 9.17) is 4.74 Å². The number of piperazine rings is 1. The van der Waals surface area contributed by atoms with Crippen LogP contribution in [0.1, 0.15) is 5.56 Å². The Morgan fingerprint density at radius 3 is 2.52 bits per heavy atom. The van der Waals surface area contributed by atoms with E-state index in [1.165, 1.54) is 24.1 Å². The zero-order valence-corrected chi connectivity index (χ0v) is 14.7. The summed E-state index contributed by atoms with van der Waals surface area (Å²) in [6, 6.07) is 4.22. The normalized spacial score (nSPS) is 18.2. The van der Waals surface area contributed by atoms with E-state index in [1.54, 1.807) is 12.1 Å². The molecule has 0 bridgehead atoms. The van der Waals surface area contributed by atoms with Gasteiger partial charge in [-0.2, -0.15) is 13.2 Å². The molecular weight excluding hydrogens is 359 g/mol. The Hall–Kier alpha value is -1.20. The molecule has 0 radical (unpaired) electrons. The molecule has 1 heterocycles. The van der Waals surface area contributed by atoms with Gasteiger partial charge in [-0.15, -0.1) is 0 Å². The minimum atomic E-state index is -4.52. The Kier molecular flexibility index (Phi) is 6.80. The highest BCUT2D eigenvalue weighted by molar-refractivity contribution is 7.89. The number of rotatable bonds is 7. The van der Waals surface area contributed by atoms with Gasteiger partial charge in [-0.25, -0.2) is 13.1 Å². The largest absolute Gasteiger partial charge is 0.405 e. The fourth-order valence-electron chi connectivity index (χ4n) is 2.75. The first-order valence-electron chi connectivity index (χ1n) is 7.83. The van der Waals surface area contributed by atoms with Gasteiger partial charge in [0, 0.05) is 39.8 Å². The van der Waals surface area contributed by atoms with Crippen LogP contribution in [0.4, 0.5) is 13.2 Å². The first-order chi connectivity index (χ1) is 11.8. The molecule has 2 N–H and O–H groups in total. The van der Waals surface area contributed by atoms with Gasteiger partial charge in [0.25, 0.3) is 0 Å². The third kappa shape index (κ3) is 5.38. The van der Waals surface area contributed by atoms with Crippen molar-refractivity contribution in [1.82, 2.24) is 14.9 Å². The maximum Gasteiger partial charge on any atom is 0.405 e. The van der Waals surface area contributed by atoms with Crippen LogP contribution < -0.4 is 10.0 Å². The van der Waals surface area contributed by atoms with E-state index < -0.39 is 28.8 Å². The average molecular weight is 381 g/mol. The number of hydrogen-bond donors (Lipinski definition) is 2. The molecule has 1 aliphatic rings. The summed E-state index contributed by atoms with van der Waals surface area (Å²) in [5, 5.41) is 2.98. The summed E-state index contributed by atoms with van der Waals surface area (Å²) in [5.41, 5.74) is 0.392. The molecule has 6 nitrogen and oxygen atoms in total. The second-order valence-electron chi connectivity index (χ2n) is 5.74. The maximum atomic E-state index is 13.4. The smallest absolute Gasteiger partial charge is 0.380 e. The van der Waals surface area contributed by atoms with Crippen molar-refractivity contribution in [2.45, 2.75) is 23.7 Å². The third-order valence-corrected chi connectivity index (χ3v) is 5.52. The number of sulfonamides is 1. The Bertz CT molecular complexity index is 661. The van der Waals surface area contributed by atoms with E-state index in [0.717, 1.165) is 0 Å². The van der Waals surface area contributed by atoms with Crippen molar-refractivity contribution in [3.05, 3.63) is 29.8 Å². The van der Waals surface area contributed by atoms with Crippen molar-refractivity contribution in [3.8, 4) is 0 Å². The number of benzene rings is 1. The standard InChI is InChI=1S/C15H22F3N3O3S/c1-24-11-12-4-2-3-5-13(12)25(22,23)20-10-14(15(16,17)18)21-8-6-19-7-9-21/h2-5,14,19-20H,6-11H2,1H3. The SMILES string of the molecule is COCc1ccccc1S(=O)(=O)NCC(N1CCNCC1)C(F)(F)F. The summed E-state index contributed by atoms with van der Waals surface area (Å²) in [6.45, 7) is 0.634. The maximum absolute atomic E-state index is 13.4. The van der Waals surface area contributed by atoms with Crippen LogP contribution in [0, 0.1) is 0 Å². The van der Waals surface area contributed by atoms with Gasteiger partial charge in [-0.1, -0.05) is 18.2 Å². The molecule has 0 spiro atoms. The van der Waals surface area contributed by atoms with Crippen LogP contribution in [0.15, 0.2) is 29.2 Å². The van der Waals surface area contributed by atoms with Crippen LogP contribution >= 0.6 is 0 Å². The monoisotopic (exact) mass is 381 g/mol. The van der Waals surface area contributed by atoms with Gasteiger partial charge in [0.15, 0.2) is 0 Å². The van der Waals surface area contributed by atoms with Crippen LogP contribution in [0.5, 0.6) is 0 Å². The first-order valence-corrected chi connectivity index (χ1v) is 9.32. The van der Waals surface area contributed by atoms with E-state index in [0.29, 0.717) is 18.7 Å². The summed E-state index contributed by atoms with van der Waals surface area (Å²) >= 11 is 0. The van der Waals surface area contributed by atoms with E-state index in [1.807, 2.05) is 0 Å². The highest BCUT2D eigenvalue weighted by Crippen LogP contribution is 2.25. The topological polar surface area (TPSA) is 70.7 Å². The number of halogens is 3. The van der Waals surface area contributed by atoms with Gasteiger partial charge in [-0.3, -0.25) is 4.90 Å². The van der Waals surface area contributed by atoms with Gasteiger partial charge in [0.2, 0.25) is 10.0 Å². The minimum absolute atomic E-state index is 0.0532. The summed E-state index contributed by atoms with van der Waals surface area (Å²) in [7, 11) is -2.66. The lowest BCUT2D eigenvalue weighted by molar-refractivity contribution is -0.182. The number of nitrogens with one attached hydrogen (secondary N) is 2. The van der Waals surface area contributed by atoms with Crippen molar-refractivity contribution in [2.75, 3.05) is 39.8 Å². The molecule has 10 heteroatoms. The molecule has 2 rings (SSSR count). The minimum Gasteiger partial charge on any atom is -0.380 e. The van der Waals surface area contributed by atoms with Crippen LogP contribution in [0.25, 0.3) is 0 Å². The fraction of sp³-hybridized carbons (Fsp3) is 0.600. The van der Waals surface area contributed by atoms with Gasteiger partial charge in [-0.05, 0) is 11.6 Å². The molecule has 1 saturated heterocycles. The van der Waals surface area contributed by atoms with Crippen LogP contribution in [-0.2, 0) is 21.4 Å². The average Bonchev–Trinajstić information content (AvgIpc) is 2.55. The van der Waals surface area contributed by atoms with E-state index >= 15 is 0 Å². The Labute approximate surface area is 145 Å². The van der Waals surface area contributed by atoms with Crippen molar-refractivity contribution >= 4 is 10.0 Å². The Morgan fingerprint density at radius 1 is 1.28 bits per heavy atom. The Morgan fingerprint density at radius 2 is 1.92 bits per heavy atom. The van der Waals surface area contributed by atoms with Crippen molar-refractivity contribution < 1.29 is 26.3 Å². The quantitative estimate of drug-likeness (QED) is 0.736. The van der Waals surface area contributed by atoms with Crippen molar-refractivity contribution in [1.29, 1.82) is 0 Å². The molecule has 0 saturated carbocycles. The highest BCUT2D eigenvalue weighted by atomic mass is 32.2. The summed E-state index contributed by atoms with van der Waals surface area (Å²) in [6.07, 6.45) is -4.52. The predicted molar refractivity (Wildman–Crippen MR) is 86.6 cm³/mol. The summed E-state index contributed by atoms with van der Waals surface area (Å²) in [5.74, 6) is 0. The van der Waals surface area contributed by atoms with Crippen molar-refractivity contribution in [3.63, 3.8) is 0 Å². The molecule has 1 aliphatic heterocycles. The van der Waals surface area contributed by atoms with Crippen molar-refractivity contribution in [2.24, 2.45) is 0 Å². The second-order valence-corrected chi connectivity index (χ2v) is 7.47. The van der Waals surface area contributed by atoms with Gasteiger partial charge in [0.05, 0.1) is 11.5 Å². The molecule has 1 fully saturated rings. The lowest BCUT2D eigenvalue weighted by Gasteiger charge is -2.35. The molecule has 0 amide bonds. The molecule has 1 aromatic rings. The lowest BCUT2D eigenvalue weighted by Crippen LogP contribution is -2.57. The van der Waals surface area contributed by atoms with E-state index in [-0.39, 0.29) is 24.6 Å². The molecular formula is C15H22F3N3O3S. The van der Waals surface area contributed by atoms with Gasteiger partial charge in [0.1, 0.15) is 6.04 Å². The number of nitrogens with zero attached hydrogens (tertiary/aromatic N) is 1. The number of methoxy groups -OCH3 is 1. The number of hydrogen-bond acceptors (Lipinski definition) is 5. The highest BCUT2D eigenvalue weighted by Gasteiger charge is 2.44. The molecule has 1 atom stereocenters. The van der Waals surface area contributed by atoms with Gasteiger partial charge < -0.3 is 10.1 Å². The zero-order valence-electron chi connectivity index (χ0n) is 13.8. The lowest BCUT2D eigenvalue weighted by atomic mass is 10.2. The predicted octanol–water partition coefficient (Wildman–Crippen LogP) is 0.947. The molecule has 0 aliphatic carbocycles. The zero-order chi connectivity index (χ0) is 18.5. The third-order valence-electron chi connectivity index (χ3n) is 4.00. The van der Waals surface area contributed by atoms with Crippen LogP contribution in [0.2, 0.25) is 0 Å². The van der Waals surface area contributed by atoms with Crippen LogP contribution in [-0.4, -0.2) is 65.4 Å². The number of alkyl halides is 3. The first kappa shape index (κ1) is 20.1. The molecule has 25 heavy (non-hydrogen) atoms. The van der Waals surface area contributed by atoms with Gasteiger partial charge >= 0.3 is 6.18 Å².